The Balaban J connectivity index is 1.58. The van der Waals surface area contributed by atoms with E-state index in [1.54, 1.807) is 12.1 Å². The number of nitrogens with zero attached hydrogens (tertiary/aromatic N) is 4. The van der Waals surface area contributed by atoms with Gasteiger partial charge in [0.2, 0.25) is 0 Å². The van der Waals surface area contributed by atoms with E-state index in [1.807, 2.05) is 35.9 Å². The summed E-state index contributed by atoms with van der Waals surface area (Å²) < 4.78 is 7.84. The van der Waals surface area contributed by atoms with Crippen molar-refractivity contribution < 1.29 is 14.6 Å². The van der Waals surface area contributed by atoms with Crippen molar-refractivity contribution in [1.82, 2.24) is 20.2 Å². The molecule has 150 valence electrons. The largest absolute Gasteiger partial charge is 0.507 e. The predicted octanol–water partition coefficient (Wildman–Crippen LogP) is 3.20. The summed E-state index contributed by atoms with van der Waals surface area (Å²) in [7, 11) is 3.37. The molecule has 0 aliphatic carbocycles. The fourth-order valence-corrected chi connectivity index (χ4v) is 3.58. The number of thioether (sulfide) groups is 1. The molecule has 0 atom stereocenters. The molecular weight excluding hydrogens is 458 g/mol. The van der Waals surface area contributed by atoms with Gasteiger partial charge in [-0.1, -0.05) is 45.9 Å². The fraction of sp³-hybridized carbons (Fsp3) is 0.158. The van der Waals surface area contributed by atoms with Crippen LogP contribution in [0.1, 0.15) is 5.56 Å². The molecule has 0 unspecified atom stereocenters. The zero-order valence-corrected chi connectivity index (χ0v) is 18.1. The van der Waals surface area contributed by atoms with E-state index in [0.29, 0.717) is 22.3 Å². The number of hydrogen-bond acceptors (Lipinski definition) is 7. The van der Waals surface area contributed by atoms with E-state index < -0.39 is 0 Å². The number of amides is 1. The van der Waals surface area contributed by atoms with Gasteiger partial charge in [0.25, 0.3) is 5.91 Å². The molecule has 0 fully saturated rings. The molecule has 3 rings (SSSR count). The minimum atomic E-state index is -0.306. The van der Waals surface area contributed by atoms with Crippen LogP contribution in [0.2, 0.25) is 0 Å². The fourth-order valence-electron chi connectivity index (χ4n) is 2.42. The number of methoxy groups -OCH3 is 1. The van der Waals surface area contributed by atoms with Crippen LogP contribution in [-0.4, -0.2) is 44.9 Å². The SMILES string of the molecule is COc1ccc(O)c(/C=N/NC(=O)CSc2nnc(-c3ccccc3Br)n2C)c1. The number of carbonyl (C=O) groups is 1. The van der Waals surface area contributed by atoms with Crippen molar-refractivity contribution in [2.75, 3.05) is 12.9 Å². The highest BCUT2D eigenvalue weighted by atomic mass is 79.9. The van der Waals surface area contributed by atoms with Crippen molar-refractivity contribution in [1.29, 1.82) is 0 Å². The number of aromatic nitrogens is 3. The quantitative estimate of drug-likeness (QED) is 0.309. The number of phenols is 1. The molecule has 8 nitrogen and oxygen atoms in total. The van der Waals surface area contributed by atoms with E-state index >= 15 is 0 Å². The molecule has 1 amide bonds. The van der Waals surface area contributed by atoms with Gasteiger partial charge in [0.05, 0.1) is 19.1 Å². The number of benzene rings is 2. The lowest BCUT2D eigenvalue weighted by molar-refractivity contribution is -0.118. The van der Waals surface area contributed by atoms with Gasteiger partial charge >= 0.3 is 0 Å². The number of ether oxygens (including phenoxy) is 1. The Hall–Kier alpha value is -2.85. The molecule has 10 heteroatoms. The summed E-state index contributed by atoms with van der Waals surface area (Å²) >= 11 is 4.76. The van der Waals surface area contributed by atoms with E-state index in [4.69, 9.17) is 4.74 Å². The van der Waals surface area contributed by atoms with Crippen LogP contribution >= 0.6 is 27.7 Å². The Kier molecular flexibility index (Phi) is 6.89. The van der Waals surface area contributed by atoms with Crippen LogP contribution in [0.15, 0.2) is 57.2 Å². The normalized spacial score (nSPS) is 11.0. The van der Waals surface area contributed by atoms with Gasteiger partial charge in [0.1, 0.15) is 11.5 Å². The Labute approximate surface area is 180 Å². The minimum Gasteiger partial charge on any atom is -0.507 e. The molecule has 3 aromatic rings. The van der Waals surface area contributed by atoms with E-state index in [0.717, 1.165) is 10.0 Å². The summed E-state index contributed by atoms with van der Waals surface area (Å²) in [5, 5.41) is 22.7. The lowest BCUT2D eigenvalue weighted by Crippen LogP contribution is -2.19. The van der Waals surface area contributed by atoms with Gasteiger partial charge in [-0.2, -0.15) is 5.10 Å². The van der Waals surface area contributed by atoms with Crippen LogP contribution in [0, 0.1) is 0 Å². The predicted molar refractivity (Wildman–Crippen MR) is 115 cm³/mol. The first-order chi connectivity index (χ1) is 14.0. The summed E-state index contributed by atoms with van der Waals surface area (Å²) in [6, 6.07) is 12.5. The summed E-state index contributed by atoms with van der Waals surface area (Å²) in [5.74, 6) is 1.13. The van der Waals surface area contributed by atoms with Gasteiger partial charge in [-0.3, -0.25) is 4.79 Å². The van der Waals surface area contributed by atoms with Gasteiger partial charge in [-0.05, 0) is 24.3 Å². The number of aromatic hydroxyl groups is 1. The third-order valence-electron chi connectivity index (χ3n) is 3.91. The number of halogens is 1. The van der Waals surface area contributed by atoms with Gasteiger partial charge in [-0.25, -0.2) is 5.43 Å². The molecule has 0 saturated heterocycles. The number of phenolic OH excluding ortho intramolecular Hbond substituents is 1. The topological polar surface area (TPSA) is 102 Å². The average Bonchev–Trinajstić information content (AvgIpc) is 3.08. The molecule has 0 aliphatic rings. The summed E-state index contributed by atoms with van der Waals surface area (Å²) in [6.07, 6.45) is 1.35. The summed E-state index contributed by atoms with van der Waals surface area (Å²) in [5.41, 5.74) is 3.78. The summed E-state index contributed by atoms with van der Waals surface area (Å²) in [6.45, 7) is 0. The van der Waals surface area contributed by atoms with Crippen molar-refractivity contribution in [3.63, 3.8) is 0 Å². The van der Waals surface area contributed by atoms with E-state index in [-0.39, 0.29) is 17.4 Å². The lowest BCUT2D eigenvalue weighted by Gasteiger charge is -2.05. The molecule has 0 aliphatic heterocycles. The number of rotatable bonds is 7. The highest BCUT2D eigenvalue weighted by Crippen LogP contribution is 2.28. The lowest BCUT2D eigenvalue weighted by atomic mass is 10.2. The maximum absolute atomic E-state index is 12.1. The van der Waals surface area contributed by atoms with Crippen molar-refractivity contribution >= 4 is 39.8 Å². The van der Waals surface area contributed by atoms with Crippen molar-refractivity contribution in [2.45, 2.75) is 5.16 Å². The third kappa shape index (κ3) is 5.15. The summed E-state index contributed by atoms with van der Waals surface area (Å²) in [4.78, 5) is 12.1. The van der Waals surface area contributed by atoms with Gasteiger partial charge in [-0.15, -0.1) is 10.2 Å². The monoisotopic (exact) mass is 475 g/mol. The van der Waals surface area contributed by atoms with Crippen LogP contribution in [-0.2, 0) is 11.8 Å². The number of nitrogens with one attached hydrogen (secondary N) is 1. The first-order valence-electron chi connectivity index (χ1n) is 8.45. The van der Waals surface area contributed by atoms with Crippen molar-refractivity contribution in [2.24, 2.45) is 12.1 Å². The van der Waals surface area contributed by atoms with E-state index in [1.165, 1.54) is 31.2 Å². The first-order valence-corrected chi connectivity index (χ1v) is 10.2. The highest BCUT2D eigenvalue weighted by Gasteiger charge is 2.14. The second-order valence-electron chi connectivity index (χ2n) is 5.85. The van der Waals surface area contributed by atoms with Crippen LogP contribution in [0.3, 0.4) is 0 Å². The van der Waals surface area contributed by atoms with Crippen LogP contribution in [0.25, 0.3) is 11.4 Å². The number of hydrogen-bond donors (Lipinski definition) is 2. The van der Waals surface area contributed by atoms with E-state index in [9.17, 15) is 9.90 Å². The van der Waals surface area contributed by atoms with Crippen molar-refractivity contribution in [3.8, 4) is 22.9 Å². The van der Waals surface area contributed by atoms with E-state index in [2.05, 4.69) is 36.7 Å². The average molecular weight is 476 g/mol. The smallest absolute Gasteiger partial charge is 0.250 e. The van der Waals surface area contributed by atoms with Gasteiger partial charge < -0.3 is 14.4 Å². The zero-order valence-electron chi connectivity index (χ0n) is 15.7. The molecule has 0 radical (unpaired) electrons. The second kappa shape index (κ2) is 9.57. The first kappa shape index (κ1) is 20.9. The molecule has 1 heterocycles. The third-order valence-corrected chi connectivity index (χ3v) is 5.62. The molecule has 0 bridgehead atoms. The Morgan fingerprint density at radius 1 is 1.34 bits per heavy atom. The minimum absolute atomic E-state index is 0.0388. The van der Waals surface area contributed by atoms with Crippen LogP contribution in [0.4, 0.5) is 0 Å². The molecule has 0 spiro atoms. The van der Waals surface area contributed by atoms with Crippen LogP contribution in [0.5, 0.6) is 11.5 Å². The molecule has 29 heavy (non-hydrogen) atoms. The number of hydrazone groups is 1. The Bertz CT molecular complexity index is 1050. The number of carbonyl (C=O) groups excluding carboxylic acids is 1. The highest BCUT2D eigenvalue weighted by molar-refractivity contribution is 9.10. The van der Waals surface area contributed by atoms with Crippen LogP contribution < -0.4 is 10.2 Å². The molecule has 0 saturated carbocycles. The molecule has 1 aromatic heterocycles. The molecular formula is C19H18BrN5O3S. The maximum Gasteiger partial charge on any atom is 0.250 e. The molecule has 2 aromatic carbocycles. The Morgan fingerprint density at radius 3 is 2.90 bits per heavy atom. The maximum atomic E-state index is 12.1. The Morgan fingerprint density at radius 2 is 2.14 bits per heavy atom. The van der Waals surface area contributed by atoms with Crippen molar-refractivity contribution in [3.05, 3.63) is 52.5 Å². The zero-order chi connectivity index (χ0) is 20.8. The molecule has 2 N–H and O–H groups in total. The standard InChI is InChI=1S/C19H18BrN5O3S/c1-25-18(14-5-3-4-6-15(14)20)23-24-19(25)29-11-17(27)22-21-10-12-9-13(28-2)7-8-16(12)26/h3-10,26H,11H2,1-2H3,(H,22,27)/b21-10+. The van der Waals surface area contributed by atoms with Gasteiger partial charge in [0, 0.05) is 22.6 Å². The second-order valence-corrected chi connectivity index (χ2v) is 7.65. The van der Waals surface area contributed by atoms with Gasteiger partial charge in [0.15, 0.2) is 11.0 Å².